The van der Waals surface area contributed by atoms with E-state index in [4.69, 9.17) is 9.15 Å². The van der Waals surface area contributed by atoms with Crippen molar-refractivity contribution in [2.45, 2.75) is 19.4 Å². The highest BCUT2D eigenvalue weighted by Gasteiger charge is 2.19. The van der Waals surface area contributed by atoms with E-state index in [9.17, 15) is 4.79 Å². The van der Waals surface area contributed by atoms with Gasteiger partial charge in [-0.25, -0.2) is 0 Å². The van der Waals surface area contributed by atoms with Gasteiger partial charge in [-0.3, -0.25) is 4.79 Å². The summed E-state index contributed by atoms with van der Waals surface area (Å²) >= 11 is 0. The van der Waals surface area contributed by atoms with Gasteiger partial charge in [-0.15, -0.1) is 0 Å². The predicted octanol–water partition coefficient (Wildman–Crippen LogP) is 8.19. The molecule has 192 valence electrons. The molecule has 1 aromatic heterocycles. The number of rotatable bonds is 9. The van der Waals surface area contributed by atoms with Crippen LogP contribution in [0.3, 0.4) is 0 Å². The van der Waals surface area contributed by atoms with E-state index < -0.39 is 0 Å². The maximum absolute atomic E-state index is 13.6. The quantitative estimate of drug-likeness (QED) is 0.199. The van der Waals surface area contributed by atoms with Gasteiger partial charge in [-0.1, -0.05) is 97.1 Å². The molecule has 0 aliphatic carbocycles. The number of aryl methyl sites for hydroxylation is 1. The molecule has 1 heterocycles. The topological polar surface area (TPSA) is 51.5 Å². The first-order valence-corrected chi connectivity index (χ1v) is 13.3. The molecule has 6 rings (SSSR count). The molecule has 0 saturated heterocycles. The number of fused-ring (bicyclic) bond motifs is 3. The molecule has 4 heteroatoms. The van der Waals surface area contributed by atoms with Crippen molar-refractivity contribution in [1.29, 1.82) is 0 Å². The Hall–Kier alpha value is -4.83. The van der Waals surface area contributed by atoms with E-state index in [0.717, 1.165) is 51.5 Å². The third-order valence-electron chi connectivity index (χ3n) is 6.95. The Labute approximate surface area is 227 Å². The van der Waals surface area contributed by atoms with Crippen LogP contribution in [0.15, 0.2) is 126 Å². The standard InChI is InChI=1S/C35H29NO3/c37-35(36-22-10-15-25-11-3-1-4-12-25)32-23-27(38-24-26-13-5-2-6-14-26)20-21-28(32)30-17-9-18-31-29-16-7-8-19-33(29)39-34(30)31/h1-9,11-14,16-21,23H,10,15,22,24H2,(H,36,37). The lowest BCUT2D eigenvalue weighted by atomic mass is 9.96. The molecule has 0 radical (unpaired) electrons. The average Bonchev–Trinajstić information content (AvgIpc) is 3.38. The van der Waals surface area contributed by atoms with Crippen LogP contribution in [-0.4, -0.2) is 12.5 Å². The fourth-order valence-electron chi connectivity index (χ4n) is 4.97. The maximum atomic E-state index is 13.6. The minimum atomic E-state index is -0.128. The molecule has 0 atom stereocenters. The van der Waals surface area contributed by atoms with E-state index in [1.807, 2.05) is 97.1 Å². The van der Waals surface area contributed by atoms with Crippen molar-refractivity contribution in [3.05, 3.63) is 138 Å². The molecule has 0 unspecified atom stereocenters. The molecule has 0 fully saturated rings. The molecule has 4 nitrogen and oxygen atoms in total. The lowest BCUT2D eigenvalue weighted by Gasteiger charge is -2.14. The highest BCUT2D eigenvalue weighted by atomic mass is 16.5. The van der Waals surface area contributed by atoms with Gasteiger partial charge in [0.2, 0.25) is 0 Å². The summed E-state index contributed by atoms with van der Waals surface area (Å²) in [7, 11) is 0. The first-order valence-electron chi connectivity index (χ1n) is 13.3. The summed E-state index contributed by atoms with van der Waals surface area (Å²) in [5.41, 5.74) is 6.19. The van der Waals surface area contributed by atoms with Crippen LogP contribution in [0.2, 0.25) is 0 Å². The Kier molecular flexibility index (Phi) is 7.09. The molecule has 1 N–H and O–H groups in total. The summed E-state index contributed by atoms with van der Waals surface area (Å²) in [5.74, 6) is 0.519. The molecule has 5 aromatic carbocycles. The number of ether oxygens (including phenoxy) is 1. The molecule has 0 spiro atoms. The maximum Gasteiger partial charge on any atom is 0.252 e. The lowest BCUT2D eigenvalue weighted by Crippen LogP contribution is -2.25. The Balaban J connectivity index is 1.31. The second kappa shape index (κ2) is 11.3. The number of para-hydroxylation sites is 2. The zero-order chi connectivity index (χ0) is 26.4. The van der Waals surface area contributed by atoms with Gasteiger partial charge < -0.3 is 14.5 Å². The van der Waals surface area contributed by atoms with E-state index in [1.165, 1.54) is 5.56 Å². The Morgan fingerprint density at radius 1 is 0.692 bits per heavy atom. The SMILES string of the molecule is O=C(NCCCc1ccccc1)c1cc(OCc2ccccc2)ccc1-c1cccc2c1oc1ccccc12. The van der Waals surface area contributed by atoms with Crippen molar-refractivity contribution in [3.8, 4) is 16.9 Å². The van der Waals surface area contributed by atoms with Gasteiger partial charge in [0, 0.05) is 22.9 Å². The van der Waals surface area contributed by atoms with Crippen molar-refractivity contribution in [2.75, 3.05) is 6.54 Å². The van der Waals surface area contributed by atoms with E-state index in [1.54, 1.807) is 0 Å². The summed E-state index contributed by atoms with van der Waals surface area (Å²) in [5, 5.41) is 5.22. The van der Waals surface area contributed by atoms with Gasteiger partial charge in [0.15, 0.2) is 0 Å². The molecule has 0 bridgehead atoms. The van der Waals surface area contributed by atoms with Gasteiger partial charge in [0.05, 0.1) is 5.56 Å². The minimum absolute atomic E-state index is 0.128. The zero-order valence-corrected chi connectivity index (χ0v) is 21.6. The number of amides is 1. The first kappa shape index (κ1) is 24.5. The minimum Gasteiger partial charge on any atom is -0.489 e. The fraction of sp³-hybridized carbons (Fsp3) is 0.114. The van der Waals surface area contributed by atoms with Crippen molar-refractivity contribution in [1.82, 2.24) is 5.32 Å². The normalized spacial score (nSPS) is 11.1. The monoisotopic (exact) mass is 511 g/mol. The third kappa shape index (κ3) is 5.41. The molecule has 6 aromatic rings. The molecular formula is C35H29NO3. The zero-order valence-electron chi connectivity index (χ0n) is 21.6. The second-order valence-electron chi connectivity index (χ2n) is 9.61. The van der Waals surface area contributed by atoms with Gasteiger partial charge in [0.25, 0.3) is 5.91 Å². The van der Waals surface area contributed by atoms with Gasteiger partial charge in [-0.2, -0.15) is 0 Å². The fourth-order valence-corrected chi connectivity index (χ4v) is 4.97. The van der Waals surface area contributed by atoms with Crippen LogP contribution in [0, 0.1) is 0 Å². The summed E-state index contributed by atoms with van der Waals surface area (Å²) in [6.07, 6.45) is 1.76. The molecule has 0 aliphatic rings. The number of hydrogen-bond donors (Lipinski definition) is 1. The highest BCUT2D eigenvalue weighted by molar-refractivity contribution is 6.11. The van der Waals surface area contributed by atoms with E-state index >= 15 is 0 Å². The lowest BCUT2D eigenvalue weighted by molar-refractivity contribution is 0.0953. The third-order valence-corrected chi connectivity index (χ3v) is 6.95. The van der Waals surface area contributed by atoms with Gasteiger partial charge in [0.1, 0.15) is 23.5 Å². The van der Waals surface area contributed by atoms with Crippen LogP contribution in [-0.2, 0) is 13.0 Å². The number of carbonyl (C=O) groups excluding carboxylic acids is 1. The van der Waals surface area contributed by atoms with Crippen LogP contribution in [0.25, 0.3) is 33.1 Å². The van der Waals surface area contributed by atoms with E-state index in [2.05, 4.69) is 29.6 Å². The van der Waals surface area contributed by atoms with Crippen molar-refractivity contribution < 1.29 is 13.9 Å². The number of nitrogens with one attached hydrogen (secondary N) is 1. The van der Waals surface area contributed by atoms with Crippen LogP contribution >= 0.6 is 0 Å². The Morgan fingerprint density at radius 3 is 2.23 bits per heavy atom. The number of furan rings is 1. The summed E-state index contributed by atoms with van der Waals surface area (Å²) < 4.78 is 12.4. The Morgan fingerprint density at radius 2 is 1.41 bits per heavy atom. The first-order chi connectivity index (χ1) is 19.3. The summed E-state index contributed by atoms with van der Waals surface area (Å²) in [4.78, 5) is 13.6. The van der Waals surface area contributed by atoms with Crippen molar-refractivity contribution in [2.24, 2.45) is 0 Å². The van der Waals surface area contributed by atoms with Gasteiger partial charge in [-0.05, 0) is 53.8 Å². The van der Waals surface area contributed by atoms with Crippen molar-refractivity contribution in [3.63, 3.8) is 0 Å². The van der Waals surface area contributed by atoms with Crippen LogP contribution in [0.1, 0.15) is 27.9 Å². The van der Waals surface area contributed by atoms with Gasteiger partial charge >= 0.3 is 0 Å². The second-order valence-corrected chi connectivity index (χ2v) is 9.61. The summed E-state index contributed by atoms with van der Waals surface area (Å²) in [6.45, 7) is 1.01. The number of hydrogen-bond acceptors (Lipinski definition) is 3. The number of benzene rings is 5. The highest BCUT2D eigenvalue weighted by Crippen LogP contribution is 2.38. The average molecular weight is 512 g/mol. The van der Waals surface area contributed by atoms with E-state index in [-0.39, 0.29) is 5.91 Å². The van der Waals surface area contributed by atoms with Crippen molar-refractivity contribution >= 4 is 27.8 Å². The largest absolute Gasteiger partial charge is 0.489 e. The van der Waals surface area contributed by atoms with Crippen LogP contribution in [0.4, 0.5) is 0 Å². The molecule has 0 aliphatic heterocycles. The molecule has 39 heavy (non-hydrogen) atoms. The predicted molar refractivity (Wildman–Crippen MR) is 157 cm³/mol. The van der Waals surface area contributed by atoms with Crippen LogP contribution < -0.4 is 10.1 Å². The Bertz CT molecular complexity index is 1720. The smallest absolute Gasteiger partial charge is 0.252 e. The molecule has 1 amide bonds. The van der Waals surface area contributed by atoms with Crippen LogP contribution in [0.5, 0.6) is 5.75 Å². The van der Waals surface area contributed by atoms with E-state index in [0.29, 0.717) is 24.5 Å². The summed E-state index contributed by atoms with van der Waals surface area (Å²) in [6, 6.07) is 40.2. The number of carbonyl (C=O) groups is 1. The molecular weight excluding hydrogens is 482 g/mol. The molecule has 0 saturated carbocycles.